The van der Waals surface area contributed by atoms with Crippen LogP contribution in [0.5, 0.6) is 5.75 Å². The molecular weight excluding hydrogens is 209 g/mol. The molecule has 16 heavy (non-hydrogen) atoms. The van der Waals surface area contributed by atoms with Gasteiger partial charge in [-0.3, -0.25) is 4.79 Å². The zero-order chi connectivity index (χ0) is 12.0. The summed E-state index contributed by atoms with van der Waals surface area (Å²) in [6.07, 6.45) is 0.0499. The third kappa shape index (κ3) is 3.53. The zero-order valence-electron chi connectivity index (χ0n) is 9.50. The Bertz CT molecular complexity index is 337. The molecule has 1 N–H and O–H groups in total. The highest BCUT2D eigenvalue weighted by Gasteiger charge is 2.17. The van der Waals surface area contributed by atoms with Crippen molar-refractivity contribution < 1.29 is 13.9 Å². The van der Waals surface area contributed by atoms with E-state index in [-0.39, 0.29) is 11.7 Å². The van der Waals surface area contributed by atoms with Gasteiger partial charge in [0.15, 0.2) is 6.10 Å². The second-order valence-electron chi connectivity index (χ2n) is 3.36. The lowest BCUT2D eigenvalue weighted by atomic mass is 10.2. The molecule has 0 aliphatic rings. The van der Waals surface area contributed by atoms with Crippen LogP contribution in [0.15, 0.2) is 24.3 Å². The Balaban J connectivity index is 2.62. The van der Waals surface area contributed by atoms with Crippen molar-refractivity contribution in [2.24, 2.45) is 0 Å². The van der Waals surface area contributed by atoms with Crippen molar-refractivity contribution in [3.05, 3.63) is 30.1 Å². The van der Waals surface area contributed by atoms with E-state index in [4.69, 9.17) is 4.74 Å². The molecule has 0 saturated carbocycles. The van der Waals surface area contributed by atoms with E-state index in [1.165, 1.54) is 24.3 Å². The Hall–Kier alpha value is -1.58. The van der Waals surface area contributed by atoms with Gasteiger partial charge in [0.25, 0.3) is 5.91 Å². The molecule has 88 valence electrons. The topological polar surface area (TPSA) is 38.3 Å². The molecule has 1 atom stereocenters. The summed E-state index contributed by atoms with van der Waals surface area (Å²) in [4.78, 5) is 11.5. The fraction of sp³-hybridized carbons (Fsp3) is 0.417. The number of carbonyl (C=O) groups excluding carboxylic acids is 1. The van der Waals surface area contributed by atoms with Crippen LogP contribution in [0.1, 0.15) is 20.3 Å². The molecule has 0 aromatic heterocycles. The van der Waals surface area contributed by atoms with E-state index >= 15 is 0 Å². The molecule has 4 heteroatoms. The Morgan fingerprint density at radius 2 is 2.00 bits per heavy atom. The van der Waals surface area contributed by atoms with Crippen molar-refractivity contribution in [2.75, 3.05) is 6.54 Å². The number of hydrogen-bond donors (Lipinski definition) is 1. The molecule has 0 aliphatic heterocycles. The summed E-state index contributed by atoms with van der Waals surface area (Å²) in [5, 5.41) is 2.69. The first-order valence-electron chi connectivity index (χ1n) is 5.37. The minimum Gasteiger partial charge on any atom is -0.481 e. The Morgan fingerprint density at radius 1 is 1.38 bits per heavy atom. The third-order valence-electron chi connectivity index (χ3n) is 2.11. The van der Waals surface area contributed by atoms with Gasteiger partial charge in [0.2, 0.25) is 0 Å². The normalized spacial score (nSPS) is 11.9. The first-order valence-corrected chi connectivity index (χ1v) is 5.37. The lowest BCUT2D eigenvalue weighted by molar-refractivity contribution is -0.128. The maximum absolute atomic E-state index is 12.7. The van der Waals surface area contributed by atoms with Gasteiger partial charge in [-0.15, -0.1) is 0 Å². The van der Waals surface area contributed by atoms with Crippen molar-refractivity contribution in [1.29, 1.82) is 0 Å². The molecule has 3 nitrogen and oxygen atoms in total. The molecule has 0 heterocycles. The quantitative estimate of drug-likeness (QED) is 0.833. The van der Waals surface area contributed by atoms with Gasteiger partial charge in [0.05, 0.1) is 0 Å². The summed E-state index contributed by atoms with van der Waals surface area (Å²) < 4.78 is 18.1. The molecule has 1 aromatic rings. The van der Waals surface area contributed by atoms with E-state index in [1.807, 2.05) is 13.8 Å². The van der Waals surface area contributed by atoms with E-state index in [2.05, 4.69) is 5.32 Å². The van der Waals surface area contributed by atoms with Crippen molar-refractivity contribution in [1.82, 2.24) is 5.32 Å². The van der Waals surface area contributed by atoms with Crippen LogP contribution < -0.4 is 10.1 Å². The molecule has 0 unspecified atom stereocenters. The van der Waals surface area contributed by atoms with Gasteiger partial charge in [-0.05, 0) is 37.6 Å². The lowest BCUT2D eigenvalue weighted by Crippen LogP contribution is -2.37. The van der Waals surface area contributed by atoms with Gasteiger partial charge >= 0.3 is 0 Å². The fourth-order valence-electron chi connectivity index (χ4n) is 1.29. The highest BCUT2D eigenvalue weighted by molar-refractivity contribution is 5.80. The molecule has 0 radical (unpaired) electrons. The van der Waals surface area contributed by atoms with E-state index in [9.17, 15) is 9.18 Å². The van der Waals surface area contributed by atoms with E-state index in [0.717, 1.165) is 0 Å². The second kappa shape index (κ2) is 6.10. The number of halogens is 1. The van der Waals surface area contributed by atoms with Crippen LogP contribution in [0, 0.1) is 5.82 Å². The molecule has 0 spiro atoms. The van der Waals surface area contributed by atoms with Crippen molar-refractivity contribution >= 4 is 5.91 Å². The van der Waals surface area contributed by atoms with Crippen molar-refractivity contribution in [3.63, 3.8) is 0 Å². The number of benzene rings is 1. The van der Waals surface area contributed by atoms with Crippen LogP contribution in [-0.2, 0) is 4.79 Å². The average molecular weight is 225 g/mol. The van der Waals surface area contributed by atoms with Crippen LogP contribution in [0.25, 0.3) is 0 Å². The van der Waals surface area contributed by atoms with Gasteiger partial charge in [-0.25, -0.2) is 4.39 Å². The number of carbonyl (C=O) groups is 1. The molecule has 0 aliphatic carbocycles. The number of hydrogen-bond acceptors (Lipinski definition) is 2. The minimum absolute atomic E-state index is 0.144. The highest BCUT2D eigenvalue weighted by Crippen LogP contribution is 2.14. The Kier molecular flexibility index (Phi) is 4.76. The first kappa shape index (κ1) is 12.5. The van der Waals surface area contributed by atoms with Gasteiger partial charge in [-0.1, -0.05) is 6.92 Å². The second-order valence-corrected chi connectivity index (χ2v) is 3.36. The third-order valence-corrected chi connectivity index (χ3v) is 2.11. The summed E-state index contributed by atoms with van der Waals surface area (Å²) >= 11 is 0. The van der Waals surface area contributed by atoms with Crippen molar-refractivity contribution in [3.8, 4) is 5.75 Å². The minimum atomic E-state index is -0.523. The molecule has 1 rings (SSSR count). The number of amides is 1. The maximum Gasteiger partial charge on any atom is 0.261 e. The SMILES string of the molecule is CCNC(=O)[C@H](CC)Oc1ccc(F)cc1. The predicted octanol–water partition coefficient (Wildman–Crippen LogP) is 2.12. The smallest absolute Gasteiger partial charge is 0.261 e. The molecule has 0 bridgehead atoms. The van der Waals surface area contributed by atoms with Crippen molar-refractivity contribution in [2.45, 2.75) is 26.4 Å². The fourth-order valence-corrected chi connectivity index (χ4v) is 1.29. The average Bonchev–Trinajstić information content (AvgIpc) is 2.28. The van der Waals surface area contributed by atoms with E-state index < -0.39 is 6.10 Å². The highest BCUT2D eigenvalue weighted by atomic mass is 19.1. The van der Waals surface area contributed by atoms with Crippen LogP contribution in [0.4, 0.5) is 4.39 Å². The van der Waals surface area contributed by atoms with Gasteiger partial charge in [0.1, 0.15) is 11.6 Å². The van der Waals surface area contributed by atoms with Gasteiger partial charge in [0, 0.05) is 6.54 Å². The van der Waals surface area contributed by atoms with Crippen LogP contribution in [-0.4, -0.2) is 18.6 Å². The maximum atomic E-state index is 12.7. The standard InChI is InChI=1S/C12H16FNO2/c1-3-11(12(15)14-4-2)16-10-7-5-9(13)6-8-10/h5-8,11H,3-4H2,1-2H3,(H,14,15)/t11-/m0/s1. The summed E-state index contributed by atoms with van der Waals surface area (Å²) in [5.74, 6) is 0.0345. The predicted molar refractivity (Wildman–Crippen MR) is 59.8 cm³/mol. The zero-order valence-corrected chi connectivity index (χ0v) is 9.50. The molecule has 1 amide bonds. The molecule has 0 saturated heterocycles. The molecule has 0 fully saturated rings. The van der Waals surface area contributed by atoms with Crippen LogP contribution >= 0.6 is 0 Å². The lowest BCUT2D eigenvalue weighted by Gasteiger charge is -2.16. The van der Waals surface area contributed by atoms with Crippen LogP contribution in [0.2, 0.25) is 0 Å². The number of likely N-dealkylation sites (N-methyl/N-ethyl adjacent to an activating group) is 1. The monoisotopic (exact) mass is 225 g/mol. The Morgan fingerprint density at radius 3 is 2.50 bits per heavy atom. The summed E-state index contributed by atoms with van der Waals surface area (Å²) in [7, 11) is 0. The molecular formula is C12H16FNO2. The summed E-state index contributed by atoms with van der Waals surface area (Å²) in [6.45, 7) is 4.29. The number of ether oxygens (including phenoxy) is 1. The van der Waals surface area contributed by atoms with E-state index in [0.29, 0.717) is 18.7 Å². The van der Waals surface area contributed by atoms with Crippen LogP contribution in [0.3, 0.4) is 0 Å². The summed E-state index contributed by atoms with van der Waals surface area (Å²) in [5.41, 5.74) is 0. The number of nitrogens with one attached hydrogen (secondary N) is 1. The van der Waals surface area contributed by atoms with Gasteiger partial charge in [-0.2, -0.15) is 0 Å². The largest absolute Gasteiger partial charge is 0.481 e. The first-order chi connectivity index (χ1) is 7.67. The summed E-state index contributed by atoms with van der Waals surface area (Å²) in [6, 6.07) is 5.63. The molecule has 1 aromatic carbocycles. The Labute approximate surface area is 94.6 Å². The van der Waals surface area contributed by atoms with Gasteiger partial charge < -0.3 is 10.1 Å². The number of rotatable bonds is 5. The van der Waals surface area contributed by atoms with E-state index in [1.54, 1.807) is 0 Å².